The number of amides is 1. The number of carbonyl (C=O) groups excluding carboxylic acids is 1. The number of hydrogen-bond acceptors (Lipinski definition) is 5. The van der Waals surface area contributed by atoms with Gasteiger partial charge in [0.15, 0.2) is 5.13 Å². The summed E-state index contributed by atoms with van der Waals surface area (Å²) in [6.07, 6.45) is 2.06. The van der Waals surface area contributed by atoms with Crippen LogP contribution in [0, 0.1) is 6.92 Å². The van der Waals surface area contributed by atoms with Crippen LogP contribution in [0.3, 0.4) is 0 Å². The van der Waals surface area contributed by atoms with Crippen LogP contribution in [0.4, 0.5) is 5.13 Å². The minimum absolute atomic E-state index is 0.000281. The Hall–Kier alpha value is -1.89. The highest BCUT2D eigenvalue weighted by Crippen LogP contribution is 2.32. The summed E-state index contributed by atoms with van der Waals surface area (Å²) in [5, 5.41) is 0.756. The first-order valence-corrected chi connectivity index (χ1v) is 10.5. The third-order valence-corrected chi connectivity index (χ3v) is 5.86. The fourth-order valence-corrected chi connectivity index (χ4v) is 4.20. The highest BCUT2D eigenvalue weighted by atomic mass is 32.2. The van der Waals surface area contributed by atoms with Gasteiger partial charge in [-0.3, -0.25) is 9.69 Å². The Morgan fingerprint density at radius 3 is 2.65 bits per heavy atom. The molecule has 0 saturated carbocycles. The molecule has 0 unspecified atom stereocenters. The lowest BCUT2D eigenvalue weighted by molar-refractivity contribution is 0.0985. The molecule has 0 aliphatic heterocycles. The van der Waals surface area contributed by atoms with Gasteiger partial charge in [0.25, 0.3) is 5.91 Å². The summed E-state index contributed by atoms with van der Waals surface area (Å²) in [5.74, 6) is -0.000281. The average Bonchev–Trinajstić information content (AvgIpc) is 3.04. The molecule has 136 valence electrons. The van der Waals surface area contributed by atoms with Gasteiger partial charge in [0.05, 0.1) is 10.2 Å². The molecule has 0 aliphatic carbocycles. The van der Waals surface area contributed by atoms with E-state index in [1.807, 2.05) is 51.4 Å². The smallest absolute Gasteiger partial charge is 0.260 e. The molecule has 0 N–H and O–H groups in total. The van der Waals surface area contributed by atoms with Crippen molar-refractivity contribution >= 4 is 44.4 Å². The van der Waals surface area contributed by atoms with E-state index in [0.717, 1.165) is 27.5 Å². The van der Waals surface area contributed by atoms with E-state index in [1.165, 1.54) is 4.90 Å². The number of rotatable bonds is 6. The lowest BCUT2D eigenvalue weighted by atomic mass is 10.1. The molecule has 0 fully saturated rings. The van der Waals surface area contributed by atoms with Gasteiger partial charge in [0.1, 0.15) is 0 Å². The van der Waals surface area contributed by atoms with E-state index < -0.39 is 0 Å². The number of fused-ring (bicyclic) bond motifs is 1. The van der Waals surface area contributed by atoms with Gasteiger partial charge in [-0.15, -0.1) is 11.8 Å². The predicted molar refractivity (Wildman–Crippen MR) is 113 cm³/mol. The molecule has 0 spiro atoms. The van der Waals surface area contributed by atoms with E-state index in [2.05, 4.69) is 23.3 Å². The lowest BCUT2D eigenvalue weighted by Crippen LogP contribution is -2.36. The molecule has 0 atom stereocenters. The number of aryl methyl sites for hydroxylation is 1. The molecule has 3 rings (SSSR count). The quantitative estimate of drug-likeness (QED) is 0.584. The molecule has 2 aromatic carbocycles. The van der Waals surface area contributed by atoms with Crippen molar-refractivity contribution < 1.29 is 4.79 Å². The summed E-state index contributed by atoms with van der Waals surface area (Å²) in [4.78, 5) is 23.0. The molecule has 4 nitrogen and oxygen atoms in total. The van der Waals surface area contributed by atoms with Crippen LogP contribution in [0.5, 0.6) is 0 Å². The van der Waals surface area contributed by atoms with Crippen molar-refractivity contribution in [3.05, 3.63) is 53.6 Å². The lowest BCUT2D eigenvalue weighted by Gasteiger charge is -2.22. The number of thiazole rings is 1. The van der Waals surface area contributed by atoms with Gasteiger partial charge < -0.3 is 4.90 Å². The zero-order valence-corrected chi connectivity index (χ0v) is 17.2. The zero-order chi connectivity index (χ0) is 18.7. The second-order valence-electron chi connectivity index (χ2n) is 6.46. The molecule has 6 heteroatoms. The molecular formula is C20H23N3OS2. The van der Waals surface area contributed by atoms with Crippen LogP contribution in [-0.4, -0.2) is 49.2 Å². The van der Waals surface area contributed by atoms with E-state index in [9.17, 15) is 4.79 Å². The van der Waals surface area contributed by atoms with Gasteiger partial charge in [-0.2, -0.15) is 0 Å². The summed E-state index contributed by atoms with van der Waals surface area (Å²) >= 11 is 3.29. The Labute approximate surface area is 162 Å². The maximum atomic E-state index is 13.2. The molecule has 3 aromatic rings. The molecule has 0 radical (unpaired) electrons. The Morgan fingerprint density at radius 2 is 1.96 bits per heavy atom. The Balaban J connectivity index is 1.98. The number of nitrogens with zero attached hydrogens (tertiary/aromatic N) is 3. The Morgan fingerprint density at radius 1 is 1.15 bits per heavy atom. The highest BCUT2D eigenvalue weighted by Gasteiger charge is 2.21. The SMILES string of the molecule is CSc1ccc2nc(N(CCN(C)C)C(=O)c3cccc(C)c3)sc2c1. The summed E-state index contributed by atoms with van der Waals surface area (Å²) in [5.41, 5.74) is 2.72. The van der Waals surface area contributed by atoms with Crippen LogP contribution in [0.25, 0.3) is 10.2 Å². The van der Waals surface area contributed by atoms with Crippen molar-refractivity contribution in [1.82, 2.24) is 9.88 Å². The van der Waals surface area contributed by atoms with E-state index >= 15 is 0 Å². The summed E-state index contributed by atoms with van der Waals surface area (Å²) in [7, 11) is 4.02. The number of anilines is 1. The van der Waals surface area contributed by atoms with Gasteiger partial charge >= 0.3 is 0 Å². The third kappa shape index (κ3) is 4.26. The normalized spacial score (nSPS) is 11.3. The van der Waals surface area contributed by atoms with Gasteiger partial charge in [-0.1, -0.05) is 29.0 Å². The largest absolute Gasteiger partial charge is 0.308 e. The minimum atomic E-state index is -0.000281. The van der Waals surface area contributed by atoms with Crippen molar-refractivity contribution in [3.8, 4) is 0 Å². The summed E-state index contributed by atoms with van der Waals surface area (Å²) in [6.45, 7) is 3.39. The van der Waals surface area contributed by atoms with E-state index in [-0.39, 0.29) is 5.91 Å². The van der Waals surface area contributed by atoms with Gasteiger partial charge in [-0.05, 0) is 57.6 Å². The maximum absolute atomic E-state index is 13.2. The molecule has 1 aromatic heterocycles. The van der Waals surface area contributed by atoms with Crippen molar-refractivity contribution in [2.24, 2.45) is 0 Å². The molecule has 1 heterocycles. The maximum Gasteiger partial charge on any atom is 0.260 e. The van der Waals surface area contributed by atoms with Crippen molar-refractivity contribution in [2.75, 3.05) is 38.3 Å². The first kappa shape index (κ1) is 18.9. The molecule has 26 heavy (non-hydrogen) atoms. The van der Waals surface area contributed by atoms with Crippen LogP contribution in [-0.2, 0) is 0 Å². The number of thioether (sulfide) groups is 1. The third-order valence-electron chi connectivity index (χ3n) is 4.10. The molecule has 0 aliphatic rings. The standard InChI is InChI=1S/C20H23N3OS2/c1-14-6-5-7-15(12-14)19(24)23(11-10-22(2)3)20-21-17-9-8-16(25-4)13-18(17)26-20/h5-9,12-13H,10-11H2,1-4H3. The number of aromatic nitrogens is 1. The fourth-order valence-electron chi connectivity index (χ4n) is 2.65. The Bertz CT molecular complexity index is 920. The zero-order valence-electron chi connectivity index (χ0n) is 15.5. The second kappa shape index (κ2) is 8.20. The first-order valence-electron chi connectivity index (χ1n) is 8.46. The number of benzene rings is 2. The molecule has 0 bridgehead atoms. The van der Waals surface area contributed by atoms with Gasteiger partial charge in [-0.25, -0.2) is 4.98 Å². The van der Waals surface area contributed by atoms with E-state index in [0.29, 0.717) is 12.1 Å². The molecule has 1 amide bonds. The van der Waals surface area contributed by atoms with Gasteiger partial charge in [0.2, 0.25) is 0 Å². The number of hydrogen-bond donors (Lipinski definition) is 0. The van der Waals surface area contributed by atoms with E-state index in [1.54, 1.807) is 28.0 Å². The highest BCUT2D eigenvalue weighted by molar-refractivity contribution is 7.98. The van der Waals surface area contributed by atoms with Crippen LogP contribution in [0.2, 0.25) is 0 Å². The summed E-state index contributed by atoms with van der Waals surface area (Å²) in [6, 6.07) is 14.0. The van der Waals surface area contributed by atoms with Crippen molar-refractivity contribution in [1.29, 1.82) is 0 Å². The van der Waals surface area contributed by atoms with Crippen LogP contribution >= 0.6 is 23.1 Å². The first-order chi connectivity index (χ1) is 12.5. The average molecular weight is 386 g/mol. The number of carbonyl (C=O) groups is 1. The predicted octanol–water partition coefficient (Wildman–Crippen LogP) is 4.54. The van der Waals surface area contributed by atoms with Crippen LogP contribution < -0.4 is 4.90 Å². The monoisotopic (exact) mass is 385 g/mol. The molecule has 0 saturated heterocycles. The van der Waals surface area contributed by atoms with Crippen molar-refractivity contribution in [2.45, 2.75) is 11.8 Å². The topological polar surface area (TPSA) is 36.4 Å². The van der Waals surface area contributed by atoms with Crippen LogP contribution in [0.1, 0.15) is 15.9 Å². The minimum Gasteiger partial charge on any atom is -0.308 e. The molecular weight excluding hydrogens is 362 g/mol. The fraction of sp³-hybridized carbons (Fsp3) is 0.300. The van der Waals surface area contributed by atoms with Crippen molar-refractivity contribution in [3.63, 3.8) is 0 Å². The number of likely N-dealkylation sites (N-methyl/N-ethyl adjacent to an activating group) is 1. The van der Waals surface area contributed by atoms with Crippen LogP contribution in [0.15, 0.2) is 47.4 Å². The second-order valence-corrected chi connectivity index (χ2v) is 8.35. The van der Waals surface area contributed by atoms with E-state index in [4.69, 9.17) is 4.98 Å². The van der Waals surface area contributed by atoms with Gasteiger partial charge in [0, 0.05) is 23.5 Å². The summed E-state index contributed by atoms with van der Waals surface area (Å²) < 4.78 is 1.11. The Kier molecular flexibility index (Phi) is 5.96.